The van der Waals surface area contributed by atoms with Crippen molar-refractivity contribution in [3.63, 3.8) is 0 Å². The molecule has 3 fully saturated rings. The number of hydrogen-bond acceptors (Lipinski definition) is 12. The van der Waals surface area contributed by atoms with E-state index in [1.807, 2.05) is 58.1 Å². The fraction of sp³-hybridized carbons (Fsp3) is 0.750. The Bertz CT molecular complexity index is 1620. The average molecular weight is 858 g/mol. The summed E-state index contributed by atoms with van der Waals surface area (Å²) in [5.41, 5.74) is 1.10. The van der Waals surface area contributed by atoms with Crippen molar-refractivity contribution in [3.8, 4) is 0 Å². The first-order valence-electron chi connectivity index (χ1n) is 22.7. The number of aliphatic hydroxyl groups excluding tert-OH is 4. The molecule has 2 saturated heterocycles. The topological polar surface area (TPSA) is 200 Å². The van der Waals surface area contributed by atoms with Gasteiger partial charge >= 0.3 is 5.97 Å². The second kappa shape index (κ2) is 23.1. The Morgan fingerprint density at radius 2 is 1.61 bits per heavy atom. The van der Waals surface area contributed by atoms with Crippen molar-refractivity contribution in [1.82, 2.24) is 4.90 Å². The number of carbonyl (C=O) groups is 4. The van der Waals surface area contributed by atoms with Gasteiger partial charge in [0.15, 0.2) is 11.6 Å². The predicted octanol–water partition coefficient (Wildman–Crippen LogP) is 5.30. The SMILES string of the molecule is CO[C@H]1C(=O)[C@H](C)C[C@H](C)\C=C/C=C/C=C(\C)[C@@H](O)C[C@@H]2CC[C@@H](C)[C@](O)(CC(=O)N3CCC[C@H]3C(=O)O[C@H]([C@H](C)CC3CC[C@H](O)[C@@H](O)C3)CC(=O)[C@H](C)/C=C(/C)[C@H]1O)O2. The fourth-order valence-electron chi connectivity index (χ4n) is 9.54. The van der Waals surface area contributed by atoms with E-state index in [-0.39, 0.29) is 61.0 Å². The standard InChI is InChI=1S/C48H75NO12/c1-28-13-10-9-11-14-29(2)39(51)25-36-18-16-34(7)48(58,61-36)27-43(54)49-20-12-15-37(49)47(57)60-42(31(4)23-35-17-19-38(50)41(53)24-35)26-40(52)30(3)22-33(6)45(56)46(59-8)44(55)32(5)21-28/h9-11,13-14,22,28,30-32,34-39,41-42,45-46,50-51,53,56,58H,12,15-21,23-27H2,1-8H3/b11-9+,13-10-,29-14+,33-22-/t28-,30-,31-,32-,34-,35?,36+,37+,38+,39+,41+,42+,45-,46+,48+/m1/s1. The van der Waals surface area contributed by atoms with Crippen molar-refractivity contribution in [2.24, 2.45) is 35.5 Å². The number of ether oxygens (including phenoxy) is 3. The summed E-state index contributed by atoms with van der Waals surface area (Å²) < 4.78 is 17.9. The summed E-state index contributed by atoms with van der Waals surface area (Å²) in [5.74, 6) is -5.24. The summed E-state index contributed by atoms with van der Waals surface area (Å²) in [6, 6.07) is -0.931. The Hall–Kier alpha value is -3.04. The predicted molar refractivity (Wildman–Crippen MR) is 231 cm³/mol. The summed E-state index contributed by atoms with van der Waals surface area (Å²) >= 11 is 0. The van der Waals surface area contributed by atoms with Crippen molar-refractivity contribution >= 4 is 23.4 Å². The lowest BCUT2D eigenvalue weighted by atomic mass is 9.78. The van der Waals surface area contributed by atoms with Crippen LogP contribution in [0.15, 0.2) is 47.6 Å². The van der Waals surface area contributed by atoms with E-state index in [0.29, 0.717) is 68.9 Å². The van der Waals surface area contributed by atoms with E-state index in [9.17, 15) is 44.7 Å². The number of methoxy groups -OCH3 is 1. The minimum Gasteiger partial charge on any atom is -0.460 e. The zero-order chi connectivity index (χ0) is 45.2. The minimum atomic E-state index is -1.81. The van der Waals surface area contributed by atoms with Crippen molar-refractivity contribution in [2.45, 2.75) is 180 Å². The molecule has 4 rings (SSSR count). The largest absolute Gasteiger partial charge is 0.460 e. The molecule has 1 aliphatic carbocycles. The number of Topliss-reactive ketones (excluding diaryl/α,β-unsaturated/α-hetero) is 2. The molecule has 3 heterocycles. The molecule has 344 valence electrons. The number of esters is 1. The van der Waals surface area contributed by atoms with E-state index in [2.05, 4.69) is 0 Å². The highest BCUT2D eigenvalue weighted by Gasteiger charge is 2.47. The van der Waals surface area contributed by atoms with E-state index in [1.165, 1.54) is 12.0 Å². The van der Waals surface area contributed by atoms with Crippen LogP contribution in [0, 0.1) is 35.5 Å². The summed E-state index contributed by atoms with van der Waals surface area (Å²) in [7, 11) is 1.37. The van der Waals surface area contributed by atoms with E-state index < -0.39 is 78.3 Å². The first-order chi connectivity index (χ1) is 28.7. The van der Waals surface area contributed by atoms with Gasteiger partial charge in [0.05, 0.1) is 30.8 Å². The maximum Gasteiger partial charge on any atom is 0.329 e. The first-order valence-corrected chi connectivity index (χ1v) is 22.7. The molecule has 13 heteroatoms. The lowest BCUT2D eigenvalue weighted by Gasteiger charge is -2.43. The molecule has 2 bridgehead atoms. The summed E-state index contributed by atoms with van der Waals surface area (Å²) in [6.45, 7) is 13.0. The first kappa shape index (κ1) is 50.6. The molecule has 13 nitrogen and oxygen atoms in total. The number of ketones is 2. The fourth-order valence-corrected chi connectivity index (χ4v) is 9.54. The second-order valence-corrected chi connectivity index (χ2v) is 18.9. The van der Waals surface area contributed by atoms with Gasteiger partial charge < -0.3 is 44.6 Å². The van der Waals surface area contributed by atoms with Gasteiger partial charge in [-0.2, -0.15) is 0 Å². The molecule has 0 spiro atoms. The molecule has 61 heavy (non-hydrogen) atoms. The van der Waals surface area contributed by atoms with Crippen LogP contribution in [0.4, 0.5) is 0 Å². The van der Waals surface area contributed by atoms with Crippen LogP contribution < -0.4 is 0 Å². The Balaban J connectivity index is 1.64. The molecule has 5 N–H and O–H groups in total. The molecule has 0 aromatic heterocycles. The van der Waals surface area contributed by atoms with Crippen molar-refractivity contribution in [1.29, 1.82) is 0 Å². The van der Waals surface area contributed by atoms with Crippen molar-refractivity contribution in [3.05, 3.63) is 47.6 Å². The maximum atomic E-state index is 14.1. The zero-order valence-electron chi connectivity index (χ0n) is 37.8. The molecule has 1 saturated carbocycles. The van der Waals surface area contributed by atoms with Crippen LogP contribution >= 0.6 is 0 Å². The van der Waals surface area contributed by atoms with E-state index in [4.69, 9.17) is 14.2 Å². The maximum absolute atomic E-state index is 14.1. The monoisotopic (exact) mass is 858 g/mol. The van der Waals surface area contributed by atoms with Gasteiger partial charge in [0, 0.05) is 44.2 Å². The molecular weight excluding hydrogens is 783 g/mol. The quantitative estimate of drug-likeness (QED) is 0.181. The summed E-state index contributed by atoms with van der Waals surface area (Å²) in [5, 5.41) is 54.8. The van der Waals surface area contributed by atoms with Gasteiger partial charge in [0.25, 0.3) is 0 Å². The number of amides is 1. The molecule has 1 unspecified atom stereocenters. The third kappa shape index (κ3) is 14.0. The molecular formula is C48H75NO12. The molecule has 0 aromatic carbocycles. The van der Waals surface area contributed by atoms with Crippen LogP contribution in [-0.2, 0) is 33.4 Å². The number of nitrogens with zero attached hydrogens (tertiary/aromatic N) is 1. The number of allylic oxidation sites excluding steroid dienone is 6. The van der Waals surface area contributed by atoms with E-state index >= 15 is 0 Å². The third-order valence-corrected chi connectivity index (χ3v) is 13.8. The van der Waals surface area contributed by atoms with Crippen molar-refractivity contribution in [2.75, 3.05) is 13.7 Å². The molecule has 15 atom stereocenters. The molecule has 4 aliphatic rings. The van der Waals surface area contributed by atoms with Gasteiger partial charge in [-0.1, -0.05) is 71.1 Å². The number of hydrogen-bond donors (Lipinski definition) is 5. The lowest BCUT2D eigenvalue weighted by Crippen LogP contribution is -2.52. The second-order valence-electron chi connectivity index (χ2n) is 18.9. The molecule has 1 amide bonds. The van der Waals surface area contributed by atoms with E-state index in [1.54, 1.807) is 26.8 Å². The third-order valence-electron chi connectivity index (χ3n) is 13.8. The Labute approximate surface area is 363 Å². The molecule has 0 radical (unpaired) electrons. The Morgan fingerprint density at radius 3 is 2.30 bits per heavy atom. The lowest BCUT2D eigenvalue weighted by molar-refractivity contribution is -0.283. The highest BCUT2D eigenvalue weighted by atomic mass is 16.6. The number of fused-ring (bicyclic) bond motifs is 3. The Kier molecular flexibility index (Phi) is 19.1. The summed E-state index contributed by atoms with van der Waals surface area (Å²) in [4.78, 5) is 57.1. The van der Waals surface area contributed by atoms with Gasteiger partial charge in [0.2, 0.25) is 5.91 Å². The molecule has 0 aromatic rings. The Morgan fingerprint density at radius 1 is 0.885 bits per heavy atom. The highest BCUT2D eigenvalue weighted by Crippen LogP contribution is 2.38. The van der Waals surface area contributed by atoms with Crippen LogP contribution in [0.1, 0.15) is 126 Å². The van der Waals surface area contributed by atoms with Crippen LogP contribution in [0.2, 0.25) is 0 Å². The number of aliphatic hydroxyl groups is 5. The van der Waals surface area contributed by atoms with Gasteiger partial charge in [0.1, 0.15) is 30.1 Å². The van der Waals surface area contributed by atoms with Gasteiger partial charge in [-0.3, -0.25) is 14.4 Å². The van der Waals surface area contributed by atoms with E-state index in [0.717, 1.165) is 0 Å². The number of carbonyl (C=O) groups excluding carboxylic acids is 4. The van der Waals surface area contributed by atoms with Crippen LogP contribution in [0.25, 0.3) is 0 Å². The average Bonchev–Trinajstić information content (AvgIpc) is 3.70. The molecule has 3 aliphatic heterocycles. The van der Waals surface area contributed by atoms with Gasteiger partial charge in [-0.15, -0.1) is 0 Å². The van der Waals surface area contributed by atoms with Crippen LogP contribution in [0.3, 0.4) is 0 Å². The number of cyclic esters (lactones) is 1. The normalized spacial score (nSPS) is 42.0. The summed E-state index contributed by atoms with van der Waals surface area (Å²) in [6.07, 6.45) is 8.87. The van der Waals surface area contributed by atoms with Crippen LogP contribution in [0.5, 0.6) is 0 Å². The zero-order valence-corrected chi connectivity index (χ0v) is 37.8. The van der Waals surface area contributed by atoms with Crippen molar-refractivity contribution < 1.29 is 58.9 Å². The van der Waals surface area contributed by atoms with Gasteiger partial charge in [-0.05, 0) is 101 Å². The number of rotatable bonds is 4. The van der Waals surface area contributed by atoms with Gasteiger partial charge in [-0.25, -0.2) is 4.79 Å². The minimum absolute atomic E-state index is 0.0197. The smallest absolute Gasteiger partial charge is 0.329 e. The van der Waals surface area contributed by atoms with Crippen LogP contribution in [-0.4, -0.2) is 122 Å². The highest BCUT2D eigenvalue weighted by molar-refractivity contribution is 5.87.